The smallest absolute Gasteiger partial charge is 0.333 e. The highest BCUT2D eigenvalue weighted by molar-refractivity contribution is 7.84. The molecule has 1 aromatic carbocycles. The molecule has 4 N–H and O–H groups in total. The van der Waals surface area contributed by atoms with Crippen molar-refractivity contribution in [3.8, 4) is 0 Å². The van der Waals surface area contributed by atoms with Crippen LogP contribution in [-0.2, 0) is 20.9 Å². The minimum absolute atomic E-state index is 0.158. The molecule has 0 heterocycles. The normalized spacial score (nSPS) is 11.7. The molecule has 0 aliphatic heterocycles. The summed E-state index contributed by atoms with van der Waals surface area (Å²) in [6.45, 7) is 2.76. The van der Waals surface area contributed by atoms with E-state index in [2.05, 4.69) is 9.32 Å². The first-order chi connectivity index (χ1) is 9.08. The summed E-state index contributed by atoms with van der Waals surface area (Å²) in [5, 5.41) is 20.8. The molecule has 0 amide bonds. The Balaban J connectivity index is 0.000000621. The molecule has 0 atom stereocenters. The Morgan fingerprint density at radius 1 is 1.15 bits per heavy atom. The maximum absolute atomic E-state index is 10.4. The summed E-state index contributed by atoms with van der Waals surface area (Å²) >= 11 is 0. The van der Waals surface area contributed by atoms with Crippen molar-refractivity contribution in [1.82, 2.24) is 0 Å². The molecule has 0 saturated heterocycles. The van der Waals surface area contributed by atoms with Crippen LogP contribution in [0.15, 0.2) is 30.3 Å². The molecule has 0 aliphatic rings. The van der Waals surface area contributed by atoms with Crippen LogP contribution >= 0.6 is 0 Å². The molecule has 0 radical (unpaired) electrons. The second-order valence-corrected chi connectivity index (χ2v) is 5.97. The minimum atomic E-state index is -3.77. The number of hydrogen-bond donors (Lipinski definition) is 3. The largest absolute Gasteiger partial charge is 0.366 e. The maximum atomic E-state index is 10.4. The van der Waals surface area contributed by atoms with E-state index in [1.165, 1.54) is 19.4 Å². The lowest BCUT2D eigenvalue weighted by Crippen LogP contribution is -2.16. The van der Waals surface area contributed by atoms with Crippen LogP contribution in [0.25, 0.3) is 0 Å². The summed E-state index contributed by atoms with van der Waals surface area (Å²) in [4.78, 5) is 0. The molecule has 6 nitrogen and oxygen atoms in total. The summed E-state index contributed by atoms with van der Waals surface area (Å²) in [6, 6.07) is 10.0. The predicted molar refractivity (Wildman–Crippen MR) is 77.0 cm³/mol. The van der Waals surface area contributed by atoms with Gasteiger partial charge in [0.05, 0.1) is 6.61 Å². The summed E-state index contributed by atoms with van der Waals surface area (Å²) < 4.78 is 25.3. The molecule has 1 aromatic rings. The first kappa shape index (κ1) is 19.0. The van der Waals surface area contributed by atoms with Gasteiger partial charge in [-0.15, -0.1) is 0 Å². The van der Waals surface area contributed by atoms with Crippen LogP contribution in [0.2, 0.25) is 0 Å². The summed E-state index contributed by atoms with van der Waals surface area (Å²) in [6.07, 6.45) is 2.50. The van der Waals surface area contributed by atoms with Crippen LogP contribution in [0.5, 0.6) is 0 Å². The second kappa shape index (κ2) is 9.04. The van der Waals surface area contributed by atoms with E-state index in [0.717, 1.165) is 12.8 Å². The molecule has 0 saturated carbocycles. The van der Waals surface area contributed by atoms with Crippen molar-refractivity contribution in [3.05, 3.63) is 35.9 Å². The highest BCUT2D eigenvalue weighted by Crippen LogP contribution is 2.04. The number of aliphatic hydroxyl groups is 2. The van der Waals surface area contributed by atoms with Crippen LogP contribution in [0.1, 0.15) is 32.3 Å². The Bertz CT molecular complexity index is 447. The van der Waals surface area contributed by atoms with E-state index < -0.39 is 16.1 Å². The zero-order valence-electron chi connectivity index (χ0n) is 11.8. The van der Waals surface area contributed by atoms with Crippen molar-refractivity contribution in [2.24, 2.45) is 5.14 Å². The van der Waals surface area contributed by atoms with Gasteiger partial charge < -0.3 is 10.2 Å². The number of benzene rings is 1. The average Bonchev–Trinajstić information content (AvgIpc) is 2.26. The number of nitrogens with two attached hydrogens (primary N) is 1. The van der Waals surface area contributed by atoms with Crippen LogP contribution in [0.3, 0.4) is 0 Å². The van der Waals surface area contributed by atoms with Gasteiger partial charge >= 0.3 is 10.3 Å². The molecule has 0 fully saturated rings. The van der Waals surface area contributed by atoms with Crippen molar-refractivity contribution in [1.29, 1.82) is 0 Å². The molecule has 0 bridgehead atoms. The molecule has 0 unspecified atom stereocenters. The standard InChI is InChI=1S/C10H15NO3S.C3H8O2/c11-15(12,13)14-9-5-4-8-10-6-2-1-3-7-10;1-3(2,4)5/h1-3,6-7H,4-5,8-9H2,(H2,11,12,13);4-5H,1-2H3. The van der Waals surface area contributed by atoms with Gasteiger partial charge in [0.15, 0.2) is 5.79 Å². The lowest BCUT2D eigenvalue weighted by molar-refractivity contribution is -0.127. The Hall–Kier alpha value is -0.990. The van der Waals surface area contributed by atoms with Gasteiger partial charge in [0.1, 0.15) is 0 Å². The lowest BCUT2D eigenvalue weighted by Gasteiger charge is -2.03. The van der Waals surface area contributed by atoms with Crippen LogP contribution in [-0.4, -0.2) is 31.0 Å². The van der Waals surface area contributed by atoms with Gasteiger partial charge in [-0.05, 0) is 38.7 Å². The first-order valence-corrected chi connectivity index (χ1v) is 7.71. The molecule has 0 aromatic heterocycles. The van der Waals surface area contributed by atoms with Crippen molar-refractivity contribution < 1.29 is 22.8 Å². The molecule has 0 aliphatic carbocycles. The van der Waals surface area contributed by atoms with E-state index in [1.54, 1.807) is 0 Å². The average molecular weight is 305 g/mol. The molecular formula is C13H23NO5S. The fourth-order valence-electron chi connectivity index (χ4n) is 1.25. The number of hydrogen-bond acceptors (Lipinski definition) is 5. The highest BCUT2D eigenvalue weighted by Gasteiger charge is 2.01. The van der Waals surface area contributed by atoms with Crippen molar-refractivity contribution >= 4 is 10.3 Å². The second-order valence-electron chi connectivity index (χ2n) is 4.75. The van der Waals surface area contributed by atoms with Gasteiger partial charge in [-0.2, -0.15) is 8.42 Å². The predicted octanol–water partition coefficient (Wildman–Crippen LogP) is 0.936. The van der Waals surface area contributed by atoms with Crippen molar-refractivity contribution in [2.75, 3.05) is 6.61 Å². The highest BCUT2D eigenvalue weighted by atomic mass is 32.2. The van der Waals surface area contributed by atoms with Gasteiger partial charge in [0, 0.05) is 0 Å². The topological polar surface area (TPSA) is 110 Å². The Morgan fingerprint density at radius 3 is 2.10 bits per heavy atom. The van der Waals surface area contributed by atoms with Gasteiger partial charge in [-0.25, -0.2) is 5.14 Å². The summed E-state index contributed by atoms with van der Waals surface area (Å²) in [5.41, 5.74) is 1.24. The zero-order chi connectivity index (χ0) is 15.6. The van der Waals surface area contributed by atoms with Crippen LogP contribution in [0, 0.1) is 0 Å². The molecule has 20 heavy (non-hydrogen) atoms. The quantitative estimate of drug-likeness (QED) is 0.535. The fourth-order valence-corrected chi connectivity index (χ4v) is 1.60. The number of aryl methyl sites for hydroxylation is 1. The van der Waals surface area contributed by atoms with E-state index in [1.807, 2.05) is 30.3 Å². The van der Waals surface area contributed by atoms with Gasteiger partial charge in [-0.3, -0.25) is 4.18 Å². The third-order valence-corrected chi connectivity index (χ3v) is 2.45. The summed E-state index contributed by atoms with van der Waals surface area (Å²) in [7, 11) is -3.77. The Kier molecular flexibility index (Phi) is 8.59. The minimum Gasteiger partial charge on any atom is -0.366 e. The number of rotatable bonds is 6. The zero-order valence-corrected chi connectivity index (χ0v) is 12.6. The third-order valence-electron chi connectivity index (χ3n) is 1.95. The molecule has 1 rings (SSSR count). The molecular weight excluding hydrogens is 282 g/mol. The summed E-state index contributed by atoms with van der Waals surface area (Å²) in [5.74, 6) is -1.50. The van der Waals surface area contributed by atoms with Gasteiger partial charge in [-0.1, -0.05) is 30.3 Å². The van der Waals surface area contributed by atoms with Crippen molar-refractivity contribution in [3.63, 3.8) is 0 Å². The SMILES string of the molecule is CC(C)(O)O.NS(=O)(=O)OCCCCc1ccccc1. The Labute approximate surface area is 120 Å². The van der Waals surface area contributed by atoms with E-state index >= 15 is 0 Å². The van der Waals surface area contributed by atoms with Gasteiger partial charge in [0.25, 0.3) is 0 Å². The maximum Gasteiger partial charge on any atom is 0.333 e. The molecule has 0 spiro atoms. The van der Waals surface area contributed by atoms with E-state index in [9.17, 15) is 8.42 Å². The lowest BCUT2D eigenvalue weighted by atomic mass is 10.1. The first-order valence-electron chi connectivity index (χ1n) is 6.24. The number of unbranched alkanes of at least 4 members (excludes halogenated alkanes) is 1. The molecule has 116 valence electrons. The van der Waals surface area contributed by atoms with E-state index in [0.29, 0.717) is 6.42 Å². The van der Waals surface area contributed by atoms with Crippen LogP contribution in [0.4, 0.5) is 0 Å². The van der Waals surface area contributed by atoms with Crippen LogP contribution < -0.4 is 5.14 Å². The monoisotopic (exact) mass is 305 g/mol. The third kappa shape index (κ3) is 17.0. The van der Waals surface area contributed by atoms with Crippen molar-refractivity contribution in [2.45, 2.75) is 38.9 Å². The fraction of sp³-hybridized carbons (Fsp3) is 0.538. The van der Waals surface area contributed by atoms with E-state index in [4.69, 9.17) is 10.2 Å². The van der Waals surface area contributed by atoms with Gasteiger partial charge in [0.2, 0.25) is 0 Å². The molecule has 7 heteroatoms. The van der Waals surface area contributed by atoms with E-state index in [-0.39, 0.29) is 6.61 Å². The Morgan fingerprint density at radius 2 is 1.65 bits per heavy atom.